The van der Waals surface area contributed by atoms with Crippen molar-refractivity contribution in [1.29, 1.82) is 5.26 Å². The van der Waals surface area contributed by atoms with Crippen LogP contribution in [0.4, 0.5) is 5.69 Å². The fraction of sp³-hybridized carbons (Fsp3) is 0.417. The Morgan fingerprint density at radius 2 is 1.70 bits per heavy atom. The molecule has 0 spiro atoms. The highest BCUT2D eigenvalue weighted by Gasteiger charge is 2.21. The van der Waals surface area contributed by atoms with Crippen molar-refractivity contribution < 1.29 is 9.47 Å². The first kappa shape index (κ1) is 21.6. The van der Waals surface area contributed by atoms with Crippen LogP contribution in [0.1, 0.15) is 24.8 Å². The summed E-state index contributed by atoms with van der Waals surface area (Å²) in [5.74, 6) is 1.64. The van der Waals surface area contributed by atoms with Crippen molar-refractivity contribution >= 4 is 5.69 Å². The predicted molar refractivity (Wildman–Crippen MR) is 117 cm³/mol. The SMILES string of the molecule is [C-]#[N+]c1ccc(OCCCN2CCC(NCCCOc3ccc(C#N)cc3)C2)cc1. The number of likely N-dealkylation sites (tertiary alicyclic amines) is 1. The summed E-state index contributed by atoms with van der Waals surface area (Å²) >= 11 is 0. The summed E-state index contributed by atoms with van der Waals surface area (Å²) in [6.45, 7) is 12.5. The molecule has 6 nitrogen and oxygen atoms in total. The van der Waals surface area contributed by atoms with Gasteiger partial charge in [0.05, 0.1) is 31.4 Å². The first-order valence-electron chi connectivity index (χ1n) is 10.5. The van der Waals surface area contributed by atoms with Crippen LogP contribution >= 0.6 is 0 Å². The first-order valence-corrected chi connectivity index (χ1v) is 10.5. The topological polar surface area (TPSA) is 61.9 Å². The lowest BCUT2D eigenvalue weighted by Crippen LogP contribution is -2.34. The third-order valence-electron chi connectivity index (χ3n) is 5.13. The molecular weight excluding hydrogens is 376 g/mol. The van der Waals surface area contributed by atoms with Crippen molar-refractivity contribution in [3.63, 3.8) is 0 Å². The maximum Gasteiger partial charge on any atom is 0.187 e. The second-order valence-electron chi connectivity index (χ2n) is 7.39. The zero-order valence-corrected chi connectivity index (χ0v) is 17.2. The van der Waals surface area contributed by atoms with Crippen LogP contribution in [0.5, 0.6) is 11.5 Å². The minimum Gasteiger partial charge on any atom is -0.494 e. The molecule has 1 N–H and O–H groups in total. The molecule has 1 aliphatic rings. The average Bonchev–Trinajstić information content (AvgIpc) is 3.25. The van der Waals surface area contributed by atoms with E-state index in [9.17, 15) is 0 Å². The van der Waals surface area contributed by atoms with Crippen LogP contribution in [0.25, 0.3) is 4.85 Å². The van der Waals surface area contributed by atoms with E-state index in [1.54, 1.807) is 24.3 Å². The van der Waals surface area contributed by atoms with Gasteiger partial charge in [-0.1, -0.05) is 12.1 Å². The summed E-state index contributed by atoms with van der Waals surface area (Å²) in [4.78, 5) is 5.87. The van der Waals surface area contributed by atoms with Crippen LogP contribution in [0.2, 0.25) is 0 Å². The fourth-order valence-corrected chi connectivity index (χ4v) is 3.49. The van der Waals surface area contributed by atoms with Crippen molar-refractivity contribution in [3.05, 3.63) is 65.5 Å². The highest BCUT2D eigenvalue weighted by molar-refractivity contribution is 5.46. The first-order chi connectivity index (χ1) is 14.8. The van der Waals surface area contributed by atoms with Gasteiger partial charge in [-0.2, -0.15) is 5.26 Å². The van der Waals surface area contributed by atoms with E-state index in [1.807, 2.05) is 24.3 Å². The van der Waals surface area contributed by atoms with Gasteiger partial charge in [0.25, 0.3) is 0 Å². The maximum absolute atomic E-state index is 8.80. The van der Waals surface area contributed by atoms with Gasteiger partial charge >= 0.3 is 0 Å². The summed E-state index contributed by atoms with van der Waals surface area (Å²) in [7, 11) is 0. The van der Waals surface area contributed by atoms with Crippen molar-refractivity contribution in [2.45, 2.75) is 25.3 Å². The standard InChI is InChI=1S/C24H28N4O2/c1-26-21-6-10-24(11-7-21)30-17-3-14-28-15-12-22(19-28)27-13-2-16-29-23-8-4-20(18-25)5-9-23/h4-11,22,27H,2-3,12-17,19H2. The summed E-state index contributed by atoms with van der Waals surface area (Å²) in [6, 6.07) is 17.2. The summed E-state index contributed by atoms with van der Waals surface area (Å²) in [6.07, 6.45) is 3.13. The van der Waals surface area contributed by atoms with Crippen LogP contribution < -0.4 is 14.8 Å². The Balaban J connectivity index is 1.21. The van der Waals surface area contributed by atoms with Crippen molar-refractivity contribution in [2.24, 2.45) is 0 Å². The molecule has 2 aromatic rings. The Labute approximate surface area is 178 Å². The molecule has 156 valence electrons. The largest absolute Gasteiger partial charge is 0.494 e. The molecule has 1 fully saturated rings. The Morgan fingerprint density at radius 1 is 1.03 bits per heavy atom. The van der Waals surface area contributed by atoms with Gasteiger partial charge in [0.2, 0.25) is 0 Å². The summed E-state index contributed by atoms with van der Waals surface area (Å²) < 4.78 is 11.5. The zero-order chi connectivity index (χ0) is 21.0. The van der Waals surface area contributed by atoms with Crippen molar-refractivity contribution in [2.75, 3.05) is 39.4 Å². The second-order valence-corrected chi connectivity index (χ2v) is 7.39. The van der Waals surface area contributed by atoms with Gasteiger partial charge in [-0.25, -0.2) is 4.85 Å². The minimum absolute atomic E-state index is 0.544. The fourth-order valence-electron chi connectivity index (χ4n) is 3.49. The van der Waals surface area contributed by atoms with E-state index in [-0.39, 0.29) is 0 Å². The minimum atomic E-state index is 0.544. The summed E-state index contributed by atoms with van der Waals surface area (Å²) in [5, 5.41) is 12.4. The lowest BCUT2D eigenvalue weighted by Gasteiger charge is -2.17. The second kappa shape index (κ2) is 11.8. The lowest BCUT2D eigenvalue weighted by atomic mass is 10.2. The smallest absolute Gasteiger partial charge is 0.187 e. The normalized spacial score (nSPS) is 16.0. The van der Waals surface area contributed by atoms with E-state index in [1.165, 1.54) is 6.42 Å². The molecule has 6 heteroatoms. The van der Waals surface area contributed by atoms with E-state index in [4.69, 9.17) is 21.3 Å². The molecule has 0 aliphatic carbocycles. The van der Waals surface area contributed by atoms with Gasteiger partial charge in [-0.15, -0.1) is 0 Å². The highest BCUT2D eigenvalue weighted by atomic mass is 16.5. The van der Waals surface area contributed by atoms with E-state index < -0.39 is 0 Å². The number of rotatable bonds is 11. The average molecular weight is 405 g/mol. The molecule has 3 rings (SSSR count). The summed E-state index contributed by atoms with van der Waals surface area (Å²) in [5.41, 5.74) is 1.29. The van der Waals surface area contributed by atoms with Gasteiger partial charge in [0.1, 0.15) is 11.5 Å². The highest BCUT2D eigenvalue weighted by Crippen LogP contribution is 2.18. The van der Waals surface area contributed by atoms with Crippen LogP contribution in [-0.2, 0) is 0 Å². The number of nitrogens with zero attached hydrogens (tertiary/aromatic N) is 3. The predicted octanol–water partition coefficient (Wildman–Crippen LogP) is 4.01. The Kier molecular flexibility index (Phi) is 8.53. The Hall–Kier alpha value is -3.06. The van der Waals surface area contributed by atoms with Crippen molar-refractivity contribution in [3.8, 4) is 17.6 Å². The van der Waals surface area contributed by atoms with Gasteiger partial charge in [0.15, 0.2) is 5.69 Å². The molecule has 30 heavy (non-hydrogen) atoms. The van der Waals surface area contributed by atoms with Gasteiger partial charge in [-0.05, 0) is 68.8 Å². The van der Waals surface area contributed by atoms with E-state index in [2.05, 4.69) is 21.1 Å². The lowest BCUT2D eigenvalue weighted by molar-refractivity contribution is 0.259. The number of benzene rings is 2. The van der Waals surface area contributed by atoms with Gasteiger partial charge in [0, 0.05) is 19.1 Å². The number of hydrogen-bond acceptors (Lipinski definition) is 5. The Bertz CT molecular complexity index is 853. The maximum atomic E-state index is 8.80. The molecule has 0 bridgehead atoms. The molecule has 0 aromatic heterocycles. The molecule has 1 saturated heterocycles. The molecule has 0 amide bonds. The molecule has 1 heterocycles. The molecule has 0 radical (unpaired) electrons. The van der Waals surface area contributed by atoms with Gasteiger partial charge < -0.3 is 19.7 Å². The van der Waals surface area contributed by atoms with Gasteiger partial charge in [-0.3, -0.25) is 0 Å². The number of hydrogen-bond donors (Lipinski definition) is 1. The van der Waals surface area contributed by atoms with E-state index in [0.717, 1.165) is 50.5 Å². The molecule has 1 unspecified atom stereocenters. The third-order valence-corrected chi connectivity index (χ3v) is 5.13. The molecular formula is C24H28N4O2. The molecule has 2 aromatic carbocycles. The van der Waals surface area contributed by atoms with E-state index >= 15 is 0 Å². The van der Waals surface area contributed by atoms with E-state index in [0.29, 0.717) is 30.5 Å². The zero-order valence-electron chi connectivity index (χ0n) is 17.2. The quantitative estimate of drug-likeness (QED) is 0.453. The van der Waals surface area contributed by atoms with Crippen LogP contribution in [0, 0.1) is 17.9 Å². The number of ether oxygens (including phenoxy) is 2. The van der Waals surface area contributed by atoms with Crippen LogP contribution in [0.3, 0.4) is 0 Å². The molecule has 0 saturated carbocycles. The Morgan fingerprint density at radius 3 is 2.37 bits per heavy atom. The third kappa shape index (κ3) is 7.08. The molecule has 1 aliphatic heterocycles. The van der Waals surface area contributed by atoms with Crippen LogP contribution in [-0.4, -0.2) is 50.3 Å². The molecule has 1 atom stereocenters. The number of nitriles is 1. The van der Waals surface area contributed by atoms with Crippen molar-refractivity contribution in [1.82, 2.24) is 10.2 Å². The van der Waals surface area contributed by atoms with Crippen LogP contribution in [0.15, 0.2) is 48.5 Å². The number of nitrogens with one attached hydrogen (secondary N) is 1. The monoisotopic (exact) mass is 404 g/mol.